The maximum atomic E-state index is 11.3. The van der Waals surface area contributed by atoms with Crippen molar-refractivity contribution in [2.75, 3.05) is 31.0 Å². The van der Waals surface area contributed by atoms with Crippen LogP contribution in [0.1, 0.15) is 25.7 Å². The van der Waals surface area contributed by atoms with E-state index in [0.717, 1.165) is 42.2 Å². The molecule has 1 aromatic carbocycles. The van der Waals surface area contributed by atoms with E-state index in [0.29, 0.717) is 13.0 Å². The average molecular weight is 309 g/mol. The molecule has 1 aromatic rings. The van der Waals surface area contributed by atoms with E-state index < -0.39 is 0 Å². The quantitative estimate of drug-likeness (QED) is 0.431. The minimum atomic E-state index is -0.0851. The lowest BCUT2D eigenvalue weighted by atomic mass is 10.1. The Morgan fingerprint density at radius 3 is 2.90 bits per heavy atom. The molecule has 1 aliphatic rings. The van der Waals surface area contributed by atoms with Gasteiger partial charge < -0.3 is 15.2 Å². The van der Waals surface area contributed by atoms with Gasteiger partial charge >= 0.3 is 5.97 Å². The lowest BCUT2D eigenvalue weighted by Gasteiger charge is -2.13. The topological polar surface area (TPSA) is 61.5 Å². The van der Waals surface area contributed by atoms with Gasteiger partial charge in [-0.05, 0) is 48.3 Å². The van der Waals surface area contributed by atoms with Crippen LogP contribution in [-0.4, -0.2) is 31.2 Å². The fourth-order valence-corrected chi connectivity index (χ4v) is 3.46. The molecule has 0 radical (unpaired) electrons. The van der Waals surface area contributed by atoms with Crippen molar-refractivity contribution < 1.29 is 14.3 Å². The van der Waals surface area contributed by atoms with Gasteiger partial charge in [0.15, 0.2) is 0 Å². The summed E-state index contributed by atoms with van der Waals surface area (Å²) in [6, 6.07) is 7.49. The van der Waals surface area contributed by atoms with E-state index in [2.05, 4.69) is 0 Å². The number of anilines is 1. The molecule has 2 rings (SSSR count). The minimum Gasteiger partial charge on any atom is -0.493 e. The number of esters is 1. The largest absolute Gasteiger partial charge is 0.493 e. The SMILES string of the molecule is COC(=O)CC1(CSCCCOc2cccc(N)c2)CC1. The van der Waals surface area contributed by atoms with Gasteiger partial charge in [0.05, 0.1) is 20.1 Å². The third-order valence-corrected chi connectivity index (χ3v) is 5.07. The second-order valence-electron chi connectivity index (χ2n) is 5.58. The Balaban J connectivity index is 1.55. The maximum Gasteiger partial charge on any atom is 0.306 e. The Morgan fingerprint density at radius 1 is 1.43 bits per heavy atom. The van der Waals surface area contributed by atoms with Crippen molar-refractivity contribution in [1.29, 1.82) is 0 Å². The third kappa shape index (κ3) is 5.50. The van der Waals surface area contributed by atoms with E-state index in [1.807, 2.05) is 36.0 Å². The van der Waals surface area contributed by atoms with E-state index in [4.69, 9.17) is 15.2 Å². The van der Waals surface area contributed by atoms with E-state index in [1.165, 1.54) is 7.11 Å². The molecule has 0 saturated heterocycles. The van der Waals surface area contributed by atoms with Crippen molar-refractivity contribution in [3.63, 3.8) is 0 Å². The third-order valence-electron chi connectivity index (χ3n) is 3.67. The summed E-state index contributed by atoms with van der Waals surface area (Å²) in [7, 11) is 1.46. The predicted molar refractivity (Wildman–Crippen MR) is 86.6 cm³/mol. The zero-order valence-electron chi connectivity index (χ0n) is 12.5. The van der Waals surface area contributed by atoms with Crippen molar-refractivity contribution in [3.8, 4) is 5.75 Å². The van der Waals surface area contributed by atoms with Crippen molar-refractivity contribution >= 4 is 23.4 Å². The molecule has 5 heteroatoms. The predicted octanol–water partition coefficient (Wildman–Crippen LogP) is 3.11. The second-order valence-corrected chi connectivity index (χ2v) is 6.69. The lowest BCUT2D eigenvalue weighted by molar-refractivity contribution is -0.141. The summed E-state index contributed by atoms with van der Waals surface area (Å²) in [4.78, 5) is 11.3. The number of benzene rings is 1. The van der Waals surface area contributed by atoms with E-state index in [9.17, 15) is 4.79 Å². The molecule has 21 heavy (non-hydrogen) atoms. The van der Waals surface area contributed by atoms with Crippen molar-refractivity contribution in [1.82, 2.24) is 0 Å². The Morgan fingerprint density at radius 2 is 2.24 bits per heavy atom. The van der Waals surface area contributed by atoms with Crippen LogP contribution >= 0.6 is 11.8 Å². The Hall–Kier alpha value is -1.36. The van der Waals surface area contributed by atoms with Gasteiger partial charge in [0.1, 0.15) is 5.75 Å². The number of rotatable bonds is 9. The van der Waals surface area contributed by atoms with Gasteiger partial charge in [0.25, 0.3) is 0 Å². The smallest absolute Gasteiger partial charge is 0.306 e. The Kier molecular flexibility index (Phi) is 5.79. The normalized spacial score (nSPS) is 15.5. The van der Waals surface area contributed by atoms with Crippen molar-refractivity contribution in [3.05, 3.63) is 24.3 Å². The van der Waals surface area contributed by atoms with Crippen molar-refractivity contribution in [2.24, 2.45) is 5.41 Å². The van der Waals surface area contributed by atoms with Gasteiger partial charge in [-0.2, -0.15) is 11.8 Å². The molecule has 0 aromatic heterocycles. The van der Waals surface area contributed by atoms with E-state index in [1.54, 1.807) is 0 Å². The summed E-state index contributed by atoms with van der Waals surface area (Å²) < 4.78 is 10.4. The summed E-state index contributed by atoms with van der Waals surface area (Å²) in [5.41, 5.74) is 6.63. The van der Waals surface area contributed by atoms with E-state index in [-0.39, 0.29) is 11.4 Å². The number of nitrogen functional groups attached to an aromatic ring is 1. The van der Waals surface area contributed by atoms with Crippen LogP contribution in [-0.2, 0) is 9.53 Å². The molecule has 2 N–H and O–H groups in total. The maximum absolute atomic E-state index is 11.3. The molecule has 0 amide bonds. The molecule has 1 saturated carbocycles. The van der Waals surface area contributed by atoms with Crippen molar-refractivity contribution in [2.45, 2.75) is 25.7 Å². The van der Waals surface area contributed by atoms with Crippen LogP contribution in [0.15, 0.2) is 24.3 Å². The highest BCUT2D eigenvalue weighted by Crippen LogP contribution is 2.51. The number of hydrogen-bond acceptors (Lipinski definition) is 5. The molecule has 0 heterocycles. The fraction of sp³-hybridized carbons (Fsp3) is 0.562. The van der Waals surface area contributed by atoms with Crippen LogP contribution in [0.2, 0.25) is 0 Å². The van der Waals surface area contributed by atoms with Gasteiger partial charge in [-0.25, -0.2) is 0 Å². The average Bonchev–Trinajstić information content (AvgIpc) is 3.22. The molecule has 4 nitrogen and oxygen atoms in total. The summed E-state index contributed by atoms with van der Waals surface area (Å²) >= 11 is 1.90. The highest BCUT2D eigenvalue weighted by molar-refractivity contribution is 7.99. The van der Waals surface area contributed by atoms with Crippen LogP contribution < -0.4 is 10.5 Å². The molecule has 1 aliphatic carbocycles. The summed E-state index contributed by atoms with van der Waals surface area (Å²) in [5, 5.41) is 0. The summed E-state index contributed by atoms with van der Waals surface area (Å²) in [6.07, 6.45) is 3.86. The minimum absolute atomic E-state index is 0.0851. The lowest BCUT2D eigenvalue weighted by Crippen LogP contribution is -2.13. The number of carbonyl (C=O) groups is 1. The monoisotopic (exact) mass is 309 g/mol. The van der Waals surface area contributed by atoms with Gasteiger partial charge in [-0.3, -0.25) is 4.79 Å². The highest BCUT2D eigenvalue weighted by atomic mass is 32.2. The van der Waals surface area contributed by atoms with Gasteiger partial charge in [0, 0.05) is 11.8 Å². The molecule has 0 spiro atoms. The zero-order valence-corrected chi connectivity index (χ0v) is 13.3. The fourth-order valence-electron chi connectivity index (χ4n) is 2.17. The summed E-state index contributed by atoms with van der Waals surface area (Å²) in [5.74, 6) is 2.83. The number of hydrogen-bond donors (Lipinski definition) is 1. The van der Waals surface area contributed by atoms with Crippen LogP contribution in [0.5, 0.6) is 5.75 Å². The molecular weight excluding hydrogens is 286 g/mol. The number of ether oxygens (including phenoxy) is 2. The standard InChI is InChI=1S/C16H23NO3S/c1-19-15(18)11-16(6-7-16)12-21-9-3-8-20-14-5-2-4-13(17)10-14/h2,4-5,10H,3,6-9,11-12,17H2,1H3. The first-order valence-electron chi connectivity index (χ1n) is 7.26. The molecule has 0 bridgehead atoms. The summed E-state index contributed by atoms with van der Waals surface area (Å²) in [6.45, 7) is 0.695. The number of carbonyl (C=O) groups excluding carboxylic acids is 1. The first-order chi connectivity index (χ1) is 10.1. The van der Waals surface area contributed by atoms with Crippen LogP contribution in [0.3, 0.4) is 0 Å². The molecular formula is C16H23NO3S. The van der Waals surface area contributed by atoms with Crippen LogP contribution in [0.25, 0.3) is 0 Å². The van der Waals surface area contributed by atoms with Gasteiger partial charge in [-0.15, -0.1) is 0 Å². The molecule has 0 unspecified atom stereocenters. The second kappa shape index (κ2) is 7.59. The number of nitrogens with two attached hydrogens (primary N) is 1. The zero-order chi connectivity index (χ0) is 15.1. The Labute approximate surface area is 130 Å². The number of methoxy groups -OCH3 is 1. The first kappa shape index (κ1) is 16.0. The number of thioether (sulfide) groups is 1. The molecule has 1 fully saturated rings. The van der Waals surface area contributed by atoms with Gasteiger partial charge in [-0.1, -0.05) is 6.07 Å². The first-order valence-corrected chi connectivity index (χ1v) is 8.42. The van der Waals surface area contributed by atoms with E-state index >= 15 is 0 Å². The van der Waals surface area contributed by atoms with Crippen LogP contribution in [0.4, 0.5) is 5.69 Å². The van der Waals surface area contributed by atoms with Gasteiger partial charge in [0.2, 0.25) is 0 Å². The molecule has 116 valence electrons. The Bertz CT molecular complexity index is 474. The molecule has 0 aliphatic heterocycles. The highest BCUT2D eigenvalue weighted by Gasteiger charge is 2.44. The van der Waals surface area contributed by atoms with Crippen LogP contribution in [0, 0.1) is 5.41 Å². The molecule has 0 atom stereocenters.